The standard InChI is InChI=1S/C22H22BrCl2N3OS/c1-26-6-8-27(9-7-26)20-13-16(23)3-2-15(20)12-21-22(29)28(10-11-30-21)17-4-5-18(24)19(25)14-17/h2-5,12-14H,6-11H2,1H3. The van der Waals surface area contributed by atoms with E-state index in [2.05, 4.69) is 44.9 Å². The highest BCUT2D eigenvalue weighted by atomic mass is 79.9. The number of hydrogen-bond donors (Lipinski definition) is 0. The molecule has 4 nitrogen and oxygen atoms in total. The Morgan fingerprint density at radius 3 is 2.50 bits per heavy atom. The number of rotatable bonds is 3. The Kier molecular flexibility index (Phi) is 7.00. The van der Waals surface area contributed by atoms with Crippen molar-refractivity contribution >= 4 is 74.3 Å². The van der Waals surface area contributed by atoms with Gasteiger partial charge in [0.05, 0.1) is 15.0 Å². The van der Waals surface area contributed by atoms with Crippen LogP contribution in [0.3, 0.4) is 0 Å². The first-order valence-corrected chi connectivity index (χ1v) is 12.3. The number of carbonyl (C=O) groups excluding carboxylic acids is 1. The second kappa shape index (κ2) is 9.53. The van der Waals surface area contributed by atoms with Crippen molar-refractivity contribution < 1.29 is 4.79 Å². The topological polar surface area (TPSA) is 26.8 Å². The van der Waals surface area contributed by atoms with Gasteiger partial charge in [0.2, 0.25) is 0 Å². The number of hydrogen-bond acceptors (Lipinski definition) is 4. The number of carbonyl (C=O) groups is 1. The normalized spacial score (nSPS) is 19.6. The fraction of sp³-hybridized carbons (Fsp3) is 0.318. The van der Waals surface area contributed by atoms with Crippen molar-refractivity contribution in [3.8, 4) is 0 Å². The molecule has 2 aromatic rings. The van der Waals surface area contributed by atoms with Crippen molar-refractivity contribution in [3.63, 3.8) is 0 Å². The van der Waals surface area contributed by atoms with Gasteiger partial charge in [0.25, 0.3) is 5.91 Å². The zero-order valence-corrected chi connectivity index (χ0v) is 20.5. The molecule has 0 N–H and O–H groups in total. The summed E-state index contributed by atoms with van der Waals surface area (Å²) in [6.45, 7) is 4.65. The lowest BCUT2D eigenvalue weighted by molar-refractivity contribution is -0.114. The molecule has 2 heterocycles. The zero-order chi connectivity index (χ0) is 21.3. The van der Waals surface area contributed by atoms with E-state index in [-0.39, 0.29) is 5.91 Å². The van der Waals surface area contributed by atoms with E-state index in [1.807, 2.05) is 18.2 Å². The van der Waals surface area contributed by atoms with Gasteiger partial charge in [0.1, 0.15) is 0 Å². The molecule has 2 fully saturated rings. The summed E-state index contributed by atoms with van der Waals surface area (Å²) < 4.78 is 1.04. The van der Waals surface area contributed by atoms with Crippen molar-refractivity contribution in [3.05, 3.63) is 61.4 Å². The van der Waals surface area contributed by atoms with Crippen LogP contribution < -0.4 is 9.80 Å². The van der Waals surface area contributed by atoms with Crippen molar-refractivity contribution in [1.82, 2.24) is 4.90 Å². The smallest absolute Gasteiger partial charge is 0.264 e. The lowest BCUT2D eigenvalue weighted by atomic mass is 10.1. The number of halogens is 3. The average molecular weight is 527 g/mol. The van der Waals surface area contributed by atoms with Crippen LogP contribution in [0.1, 0.15) is 5.56 Å². The van der Waals surface area contributed by atoms with Gasteiger partial charge in [-0.05, 0) is 49.0 Å². The maximum Gasteiger partial charge on any atom is 0.264 e. The summed E-state index contributed by atoms with van der Waals surface area (Å²) in [7, 11) is 2.15. The highest BCUT2D eigenvalue weighted by Gasteiger charge is 2.26. The Balaban J connectivity index is 1.64. The van der Waals surface area contributed by atoms with Crippen molar-refractivity contribution in [2.45, 2.75) is 0 Å². The van der Waals surface area contributed by atoms with Gasteiger partial charge in [-0.2, -0.15) is 0 Å². The van der Waals surface area contributed by atoms with E-state index in [1.54, 1.807) is 28.8 Å². The first kappa shape index (κ1) is 22.0. The minimum absolute atomic E-state index is 0.00288. The third-order valence-corrected chi connectivity index (χ3v) is 7.59. The van der Waals surface area contributed by atoms with Crippen LogP contribution >= 0.6 is 50.9 Å². The van der Waals surface area contributed by atoms with Gasteiger partial charge in [-0.25, -0.2) is 0 Å². The van der Waals surface area contributed by atoms with Crippen LogP contribution in [0.4, 0.5) is 11.4 Å². The van der Waals surface area contributed by atoms with Crippen molar-refractivity contribution in [2.75, 3.05) is 55.3 Å². The molecule has 0 bridgehead atoms. The zero-order valence-electron chi connectivity index (χ0n) is 16.6. The SMILES string of the molecule is CN1CCN(c2cc(Br)ccc2C=C2SCCN(c3ccc(Cl)c(Cl)c3)C2=O)CC1. The fourth-order valence-electron chi connectivity index (χ4n) is 3.65. The number of amides is 1. The second-order valence-corrected chi connectivity index (χ2v) is 10.3. The molecule has 0 saturated carbocycles. The molecule has 4 rings (SSSR count). The third-order valence-electron chi connectivity index (χ3n) is 5.37. The predicted octanol–water partition coefficient (Wildman–Crippen LogP) is 5.63. The molecule has 30 heavy (non-hydrogen) atoms. The minimum Gasteiger partial charge on any atom is -0.368 e. The van der Waals surface area contributed by atoms with Crippen LogP contribution in [0.2, 0.25) is 10.0 Å². The number of benzene rings is 2. The Hall–Kier alpha value is -1.18. The van der Waals surface area contributed by atoms with Crippen LogP contribution in [0.25, 0.3) is 6.08 Å². The molecule has 2 aliphatic rings. The molecule has 158 valence electrons. The third kappa shape index (κ3) is 4.83. The molecule has 8 heteroatoms. The maximum absolute atomic E-state index is 13.3. The van der Waals surface area contributed by atoms with Crippen molar-refractivity contribution in [1.29, 1.82) is 0 Å². The number of thioether (sulfide) groups is 1. The maximum atomic E-state index is 13.3. The molecule has 0 unspecified atom stereocenters. The number of nitrogens with zero attached hydrogens (tertiary/aromatic N) is 3. The Labute approximate surface area is 199 Å². The molecule has 0 atom stereocenters. The van der Waals surface area contributed by atoms with E-state index >= 15 is 0 Å². The Bertz CT molecular complexity index is 992. The van der Waals surface area contributed by atoms with Crippen LogP contribution in [0.15, 0.2) is 45.8 Å². The summed E-state index contributed by atoms with van der Waals surface area (Å²) in [6, 6.07) is 11.6. The number of likely N-dealkylation sites (N-methyl/N-ethyl adjacent to an activating group) is 1. The van der Waals surface area contributed by atoms with E-state index in [4.69, 9.17) is 23.2 Å². The fourth-order valence-corrected chi connectivity index (χ4v) is 5.23. The predicted molar refractivity (Wildman–Crippen MR) is 133 cm³/mol. The molecular weight excluding hydrogens is 505 g/mol. The van der Waals surface area contributed by atoms with E-state index in [9.17, 15) is 4.79 Å². The average Bonchev–Trinajstić information content (AvgIpc) is 2.73. The van der Waals surface area contributed by atoms with E-state index in [0.717, 1.165) is 58.2 Å². The summed E-state index contributed by atoms with van der Waals surface area (Å²) in [5, 5.41) is 0.942. The number of piperazine rings is 1. The van der Waals surface area contributed by atoms with Gasteiger partial charge in [-0.15, -0.1) is 11.8 Å². The first-order valence-electron chi connectivity index (χ1n) is 9.77. The summed E-state index contributed by atoms with van der Waals surface area (Å²) in [4.78, 5) is 20.5. The van der Waals surface area contributed by atoms with Crippen molar-refractivity contribution in [2.24, 2.45) is 0 Å². The Morgan fingerprint density at radius 1 is 1.00 bits per heavy atom. The van der Waals surface area contributed by atoms with E-state index in [1.165, 1.54) is 0 Å². The molecule has 0 spiro atoms. The quantitative estimate of drug-likeness (QED) is 0.484. The van der Waals surface area contributed by atoms with E-state index < -0.39 is 0 Å². The van der Waals surface area contributed by atoms with Gasteiger partial charge < -0.3 is 14.7 Å². The summed E-state index contributed by atoms with van der Waals surface area (Å²) in [5.74, 6) is 0.829. The molecule has 2 aromatic carbocycles. The largest absolute Gasteiger partial charge is 0.368 e. The molecule has 2 saturated heterocycles. The second-order valence-electron chi connectivity index (χ2n) is 7.41. The minimum atomic E-state index is -0.00288. The highest BCUT2D eigenvalue weighted by Crippen LogP contribution is 2.35. The first-order chi connectivity index (χ1) is 14.4. The van der Waals surface area contributed by atoms with Gasteiger partial charge in [0.15, 0.2) is 0 Å². The molecule has 2 aliphatic heterocycles. The van der Waals surface area contributed by atoms with Crippen LogP contribution in [-0.4, -0.2) is 56.3 Å². The van der Waals surface area contributed by atoms with E-state index in [0.29, 0.717) is 16.6 Å². The molecule has 0 radical (unpaired) electrons. The summed E-state index contributed by atoms with van der Waals surface area (Å²) in [5.41, 5.74) is 3.00. The molecule has 0 aromatic heterocycles. The number of anilines is 2. The lowest BCUT2D eigenvalue weighted by Gasteiger charge is -2.35. The van der Waals surface area contributed by atoms with Gasteiger partial charge in [-0.1, -0.05) is 45.2 Å². The summed E-state index contributed by atoms with van der Waals surface area (Å²) in [6.07, 6.45) is 2.02. The van der Waals surface area contributed by atoms with Gasteiger partial charge >= 0.3 is 0 Å². The lowest BCUT2D eigenvalue weighted by Crippen LogP contribution is -2.44. The summed E-state index contributed by atoms with van der Waals surface area (Å²) >= 11 is 17.4. The van der Waals surface area contributed by atoms with Gasteiger partial charge in [0, 0.05) is 54.3 Å². The molecular formula is C22H22BrCl2N3OS. The molecule has 0 aliphatic carbocycles. The highest BCUT2D eigenvalue weighted by molar-refractivity contribution is 9.10. The monoisotopic (exact) mass is 525 g/mol. The Morgan fingerprint density at radius 2 is 1.77 bits per heavy atom. The van der Waals surface area contributed by atoms with Crippen LogP contribution in [0.5, 0.6) is 0 Å². The van der Waals surface area contributed by atoms with Gasteiger partial charge in [-0.3, -0.25) is 4.79 Å². The molecule has 1 amide bonds. The van der Waals surface area contributed by atoms with Crippen LogP contribution in [0, 0.1) is 0 Å². The van der Waals surface area contributed by atoms with Crippen LogP contribution in [-0.2, 0) is 4.79 Å².